The molecule has 7 heteroatoms. The van der Waals surface area contributed by atoms with Crippen LogP contribution in [0.2, 0.25) is 0 Å². The molecule has 0 atom stereocenters. The number of hydrogen-bond donors (Lipinski definition) is 1. The van der Waals surface area contributed by atoms with E-state index >= 15 is 0 Å². The number of rotatable bonds is 6. The number of aromatic nitrogens is 2. The van der Waals surface area contributed by atoms with Gasteiger partial charge in [-0.15, -0.1) is 0 Å². The first-order valence-electron chi connectivity index (χ1n) is 11.9. The lowest BCUT2D eigenvalue weighted by atomic mass is 9.84. The molecule has 1 aromatic heterocycles. The van der Waals surface area contributed by atoms with Gasteiger partial charge in [-0.2, -0.15) is 0 Å². The van der Waals surface area contributed by atoms with Crippen molar-refractivity contribution in [2.45, 2.75) is 31.6 Å². The van der Waals surface area contributed by atoms with Crippen molar-refractivity contribution in [2.75, 3.05) is 13.1 Å². The fraction of sp³-hybridized carbons (Fsp3) is 0.321. The number of aliphatic hydroxyl groups is 1. The molecule has 1 N–H and O–H groups in total. The number of ether oxygens (including phenoxy) is 1. The molecule has 0 amide bonds. The van der Waals surface area contributed by atoms with Gasteiger partial charge in [0, 0.05) is 39.8 Å². The van der Waals surface area contributed by atoms with Crippen molar-refractivity contribution in [2.24, 2.45) is 14.1 Å². The first-order chi connectivity index (χ1) is 16.8. The van der Waals surface area contributed by atoms with Crippen LogP contribution in [0.15, 0.2) is 71.5 Å². The lowest BCUT2D eigenvalue weighted by Gasteiger charge is -2.38. The van der Waals surface area contributed by atoms with Crippen LogP contribution in [0, 0.1) is 5.82 Å². The standard InChI is InChI=1S/C28H30FN3O3/c1-30-25-9-8-21(14-26(25)31(2)27(30)33)19-35-24-16-22(15-23(29)17-24)28(34)10-12-32(13-11-28)18-20-6-4-3-5-7-20/h3-9,14-17,34H,10-13,18-19H2,1-2H3. The number of nitrogens with zero attached hydrogens (tertiary/aromatic N) is 3. The molecule has 5 rings (SSSR count). The smallest absolute Gasteiger partial charge is 0.328 e. The van der Waals surface area contributed by atoms with Gasteiger partial charge in [0.2, 0.25) is 0 Å². The van der Waals surface area contributed by atoms with Crippen LogP contribution >= 0.6 is 0 Å². The van der Waals surface area contributed by atoms with E-state index in [9.17, 15) is 14.3 Å². The highest BCUT2D eigenvalue weighted by atomic mass is 19.1. The van der Waals surface area contributed by atoms with Gasteiger partial charge >= 0.3 is 5.69 Å². The van der Waals surface area contributed by atoms with Crippen molar-refractivity contribution in [3.63, 3.8) is 0 Å². The van der Waals surface area contributed by atoms with Gasteiger partial charge in [0.15, 0.2) is 0 Å². The molecule has 0 unspecified atom stereocenters. The van der Waals surface area contributed by atoms with Crippen molar-refractivity contribution < 1.29 is 14.2 Å². The van der Waals surface area contributed by atoms with Crippen LogP contribution in [0.4, 0.5) is 4.39 Å². The number of halogens is 1. The van der Waals surface area contributed by atoms with E-state index in [0.717, 1.165) is 36.2 Å². The molecule has 1 fully saturated rings. The molecule has 1 aliphatic heterocycles. The normalized spacial score (nSPS) is 16.0. The maximum absolute atomic E-state index is 14.5. The second kappa shape index (κ2) is 9.32. The first-order valence-corrected chi connectivity index (χ1v) is 11.9. The lowest BCUT2D eigenvalue weighted by Crippen LogP contribution is -2.42. The van der Waals surface area contributed by atoms with Crippen LogP contribution < -0.4 is 10.4 Å². The van der Waals surface area contributed by atoms with Gasteiger partial charge in [0.25, 0.3) is 0 Å². The van der Waals surface area contributed by atoms with Crippen LogP contribution in [0.25, 0.3) is 11.0 Å². The van der Waals surface area contributed by atoms with E-state index in [4.69, 9.17) is 4.74 Å². The maximum atomic E-state index is 14.5. The minimum Gasteiger partial charge on any atom is -0.489 e. The van der Waals surface area contributed by atoms with E-state index in [1.807, 2.05) is 36.4 Å². The highest BCUT2D eigenvalue weighted by molar-refractivity contribution is 5.76. The topological polar surface area (TPSA) is 59.6 Å². The molecular weight excluding hydrogens is 445 g/mol. The summed E-state index contributed by atoms with van der Waals surface area (Å²) in [6.45, 7) is 2.53. The van der Waals surface area contributed by atoms with Gasteiger partial charge in [-0.3, -0.25) is 14.0 Å². The SMILES string of the molecule is Cn1c(=O)n(C)c2cc(COc3cc(F)cc(C4(O)CCN(Cc5ccccc5)CC4)c3)ccc21. The van der Waals surface area contributed by atoms with E-state index in [2.05, 4.69) is 17.0 Å². The summed E-state index contributed by atoms with van der Waals surface area (Å²) >= 11 is 0. The molecular formula is C28H30FN3O3. The largest absolute Gasteiger partial charge is 0.489 e. The number of imidazole rings is 1. The highest BCUT2D eigenvalue weighted by Crippen LogP contribution is 2.35. The zero-order valence-electron chi connectivity index (χ0n) is 20.1. The van der Waals surface area contributed by atoms with Gasteiger partial charge in [-0.25, -0.2) is 9.18 Å². The van der Waals surface area contributed by atoms with E-state index in [1.54, 1.807) is 29.3 Å². The Morgan fingerprint density at radius 3 is 2.37 bits per heavy atom. The molecule has 0 spiro atoms. The number of hydrogen-bond acceptors (Lipinski definition) is 4. The minimum absolute atomic E-state index is 0.0871. The predicted molar refractivity (Wildman–Crippen MR) is 134 cm³/mol. The maximum Gasteiger partial charge on any atom is 0.328 e. The molecule has 0 bridgehead atoms. The third kappa shape index (κ3) is 4.74. The Hall–Kier alpha value is -3.42. The van der Waals surface area contributed by atoms with Crippen LogP contribution in [0.1, 0.15) is 29.5 Å². The Kier molecular flexibility index (Phi) is 6.21. The van der Waals surface area contributed by atoms with Crippen LogP contribution in [-0.2, 0) is 32.8 Å². The number of piperidine rings is 1. The molecule has 4 aromatic rings. The third-order valence-electron chi connectivity index (χ3n) is 7.08. The van der Waals surface area contributed by atoms with Gasteiger partial charge in [-0.1, -0.05) is 36.4 Å². The second-order valence-corrected chi connectivity index (χ2v) is 9.48. The molecule has 0 radical (unpaired) electrons. The fourth-order valence-electron chi connectivity index (χ4n) is 4.93. The summed E-state index contributed by atoms with van der Waals surface area (Å²) in [4.78, 5) is 14.5. The zero-order chi connectivity index (χ0) is 24.6. The number of likely N-dealkylation sites (tertiary alicyclic amines) is 1. The predicted octanol–water partition coefficient (Wildman–Crippen LogP) is 4.08. The summed E-state index contributed by atoms with van der Waals surface area (Å²) in [6, 6.07) is 20.5. The summed E-state index contributed by atoms with van der Waals surface area (Å²) in [5, 5.41) is 11.4. The molecule has 182 valence electrons. The van der Waals surface area contributed by atoms with Crippen molar-refractivity contribution >= 4 is 11.0 Å². The first kappa shape index (κ1) is 23.3. The van der Waals surface area contributed by atoms with Gasteiger partial charge in [0.05, 0.1) is 16.6 Å². The summed E-state index contributed by atoms with van der Waals surface area (Å²) in [5.41, 5.74) is 3.15. The van der Waals surface area contributed by atoms with Gasteiger partial charge in [0.1, 0.15) is 18.2 Å². The molecule has 1 aliphatic rings. The van der Waals surface area contributed by atoms with Crippen molar-refractivity contribution in [3.05, 3.63) is 99.7 Å². The number of aryl methyl sites for hydroxylation is 2. The summed E-state index contributed by atoms with van der Waals surface area (Å²) in [7, 11) is 3.48. The van der Waals surface area contributed by atoms with Gasteiger partial charge < -0.3 is 9.84 Å². The minimum atomic E-state index is -1.09. The molecule has 2 heterocycles. The summed E-state index contributed by atoms with van der Waals surface area (Å²) < 4.78 is 23.6. The van der Waals surface area contributed by atoms with Crippen molar-refractivity contribution in [1.29, 1.82) is 0 Å². The Labute approximate surface area is 203 Å². The van der Waals surface area contributed by atoms with E-state index in [-0.39, 0.29) is 12.3 Å². The van der Waals surface area contributed by atoms with Crippen LogP contribution in [-0.4, -0.2) is 32.2 Å². The Balaban J connectivity index is 1.28. The average Bonchev–Trinajstić information content (AvgIpc) is 3.08. The molecule has 6 nitrogen and oxygen atoms in total. The third-order valence-corrected chi connectivity index (χ3v) is 7.08. The summed E-state index contributed by atoms with van der Waals surface area (Å²) in [5.74, 6) is -0.0549. The van der Waals surface area contributed by atoms with E-state index in [0.29, 0.717) is 24.2 Å². The number of fused-ring (bicyclic) bond motifs is 1. The summed E-state index contributed by atoms with van der Waals surface area (Å²) in [6.07, 6.45) is 1.06. The average molecular weight is 476 g/mol. The number of benzene rings is 3. The zero-order valence-corrected chi connectivity index (χ0v) is 20.1. The molecule has 1 saturated heterocycles. The molecule has 3 aromatic carbocycles. The van der Waals surface area contributed by atoms with E-state index in [1.165, 1.54) is 17.7 Å². The Morgan fingerprint density at radius 2 is 1.63 bits per heavy atom. The van der Waals surface area contributed by atoms with Gasteiger partial charge in [-0.05, 0) is 53.8 Å². The van der Waals surface area contributed by atoms with Crippen molar-refractivity contribution in [3.8, 4) is 5.75 Å². The monoisotopic (exact) mass is 475 g/mol. The Morgan fingerprint density at radius 1 is 0.914 bits per heavy atom. The highest BCUT2D eigenvalue weighted by Gasteiger charge is 2.34. The van der Waals surface area contributed by atoms with Crippen LogP contribution in [0.5, 0.6) is 5.75 Å². The molecule has 0 aliphatic carbocycles. The molecule has 0 saturated carbocycles. The second-order valence-electron chi connectivity index (χ2n) is 9.48. The quantitative estimate of drug-likeness (QED) is 0.457. The Bertz CT molecular complexity index is 1400. The fourth-order valence-corrected chi connectivity index (χ4v) is 4.93. The molecule has 35 heavy (non-hydrogen) atoms. The van der Waals surface area contributed by atoms with Crippen molar-refractivity contribution in [1.82, 2.24) is 14.0 Å². The van der Waals surface area contributed by atoms with Crippen LogP contribution in [0.3, 0.4) is 0 Å². The van der Waals surface area contributed by atoms with E-state index < -0.39 is 11.4 Å². The lowest BCUT2D eigenvalue weighted by molar-refractivity contribution is -0.0281.